The third-order valence-corrected chi connectivity index (χ3v) is 4.32. The quantitative estimate of drug-likeness (QED) is 0.448. The van der Waals surface area contributed by atoms with Gasteiger partial charge in [-0.05, 0) is 35.9 Å². The van der Waals surface area contributed by atoms with Gasteiger partial charge in [-0.1, -0.05) is 23.7 Å². The van der Waals surface area contributed by atoms with Crippen LogP contribution in [0.25, 0.3) is 11.6 Å². The molecule has 0 N–H and O–H groups in total. The van der Waals surface area contributed by atoms with Gasteiger partial charge in [-0.2, -0.15) is 5.26 Å². The first kappa shape index (κ1) is 17.0. The fraction of sp³-hybridized carbons (Fsp3) is 0.111. The molecule has 2 aromatic rings. The normalized spacial score (nSPS) is 11.5. The molecule has 0 radical (unpaired) electrons. The SMILES string of the molecule is CN(C)/C=C/C(=O)c1ccc(/C(C#N)=C\c2ccc(Cl)cc2)s1. The van der Waals surface area contributed by atoms with E-state index >= 15 is 0 Å². The van der Waals surface area contributed by atoms with E-state index in [9.17, 15) is 10.1 Å². The predicted octanol–water partition coefficient (Wildman–Crippen LogP) is 4.72. The molecule has 2 rings (SSSR count). The summed E-state index contributed by atoms with van der Waals surface area (Å²) < 4.78 is 0. The molecule has 23 heavy (non-hydrogen) atoms. The molecule has 0 amide bonds. The van der Waals surface area contributed by atoms with Gasteiger partial charge in [-0.25, -0.2) is 0 Å². The van der Waals surface area contributed by atoms with Crippen molar-refractivity contribution in [3.63, 3.8) is 0 Å². The van der Waals surface area contributed by atoms with Gasteiger partial charge >= 0.3 is 0 Å². The largest absolute Gasteiger partial charge is 0.383 e. The summed E-state index contributed by atoms with van der Waals surface area (Å²) in [7, 11) is 3.71. The minimum Gasteiger partial charge on any atom is -0.383 e. The number of rotatable bonds is 5. The Hall–Kier alpha value is -2.35. The zero-order valence-electron chi connectivity index (χ0n) is 12.8. The Morgan fingerprint density at radius 3 is 2.43 bits per heavy atom. The lowest BCUT2D eigenvalue weighted by atomic mass is 10.1. The highest BCUT2D eigenvalue weighted by atomic mass is 35.5. The van der Waals surface area contributed by atoms with Gasteiger partial charge in [0.05, 0.1) is 10.5 Å². The highest BCUT2D eigenvalue weighted by molar-refractivity contribution is 7.15. The molecule has 0 fully saturated rings. The minimum absolute atomic E-state index is 0.0706. The second kappa shape index (κ2) is 7.77. The summed E-state index contributed by atoms with van der Waals surface area (Å²) in [5, 5.41) is 10.0. The number of carbonyl (C=O) groups excluding carboxylic acids is 1. The van der Waals surface area contributed by atoms with Crippen LogP contribution >= 0.6 is 22.9 Å². The smallest absolute Gasteiger partial charge is 0.197 e. The van der Waals surface area contributed by atoms with Crippen LogP contribution in [0.15, 0.2) is 48.7 Å². The maximum Gasteiger partial charge on any atom is 0.197 e. The number of nitrogens with zero attached hydrogens (tertiary/aromatic N) is 2. The molecule has 0 aliphatic heterocycles. The standard InChI is InChI=1S/C18H15ClN2OS/c1-21(2)10-9-16(22)18-8-7-17(23-18)14(12-20)11-13-3-5-15(19)6-4-13/h3-11H,1-2H3/b10-9+,14-11-. The van der Waals surface area contributed by atoms with Gasteiger partial charge < -0.3 is 4.90 Å². The maximum atomic E-state index is 12.0. The first-order valence-electron chi connectivity index (χ1n) is 6.86. The molecule has 3 nitrogen and oxygen atoms in total. The Morgan fingerprint density at radius 2 is 1.83 bits per heavy atom. The molecule has 0 atom stereocenters. The van der Waals surface area contributed by atoms with E-state index < -0.39 is 0 Å². The van der Waals surface area contributed by atoms with E-state index in [4.69, 9.17) is 11.6 Å². The first-order valence-corrected chi connectivity index (χ1v) is 8.05. The van der Waals surface area contributed by atoms with Gasteiger partial charge in [0.15, 0.2) is 5.78 Å². The molecule has 0 unspecified atom stereocenters. The fourth-order valence-corrected chi connectivity index (χ4v) is 2.82. The highest BCUT2D eigenvalue weighted by Crippen LogP contribution is 2.26. The van der Waals surface area contributed by atoms with Crippen LogP contribution in [0, 0.1) is 11.3 Å². The Bertz CT molecular complexity index is 795. The summed E-state index contributed by atoms with van der Waals surface area (Å²) in [4.78, 5) is 15.2. The number of benzene rings is 1. The molecule has 116 valence electrons. The molecule has 1 aromatic heterocycles. The highest BCUT2D eigenvalue weighted by Gasteiger charge is 2.10. The Kier molecular flexibility index (Phi) is 5.75. The van der Waals surface area contributed by atoms with Crippen molar-refractivity contribution in [1.82, 2.24) is 4.90 Å². The topological polar surface area (TPSA) is 44.1 Å². The summed E-state index contributed by atoms with van der Waals surface area (Å²) in [5.74, 6) is -0.0706. The molecule has 5 heteroatoms. The van der Waals surface area contributed by atoms with E-state index in [1.807, 2.05) is 26.2 Å². The van der Waals surface area contributed by atoms with Gasteiger partial charge in [0.2, 0.25) is 0 Å². The Morgan fingerprint density at radius 1 is 1.17 bits per heavy atom. The van der Waals surface area contributed by atoms with E-state index in [0.717, 1.165) is 10.4 Å². The number of allylic oxidation sites excluding steroid dienone is 2. The lowest BCUT2D eigenvalue weighted by molar-refractivity contribution is 0.104. The summed E-state index contributed by atoms with van der Waals surface area (Å²) in [5.41, 5.74) is 1.41. The van der Waals surface area contributed by atoms with Crippen molar-refractivity contribution in [3.8, 4) is 6.07 Å². The van der Waals surface area contributed by atoms with Crippen LogP contribution in [0.5, 0.6) is 0 Å². The zero-order valence-corrected chi connectivity index (χ0v) is 14.4. The van der Waals surface area contributed by atoms with Gasteiger partial charge in [0.25, 0.3) is 0 Å². The van der Waals surface area contributed by atoms with Crippen LogP contribution in [0.2, 0.25) is 5.02 Å². The third-order valence-electron chi connectivity index (χ3n) is 2.94. The molecule has 0 aliphatic rings. The number of thiophene rings is 1. The molecule has 0 saturated carbocycles. The van der Waals surface area contributed by atoms with E-state index in [1.165, 1.54) is 17.4 Å². The molecular weight excluding hydrogens is 328 g/mol. The number of hydrogen-bond donors (Lipinski definition) is 0. The molecule has 1 heterocycles. The zero-order chi connectivity index (χ0) is 16.8. The van der Waals surface area contributed by atoms with E-state index in [-0.39, 0.29) is 5.78 Å². The van der Waals surface area contributed by atoms with Gasteiger partial charge in [-0.3, -0.25) is 4.79 Å². The van der Waals surface area contributed by atoms with Crippen molar-refractivity contribution >= 4 is 40.4 Å². The molecule has 0 spiro atoms. The van der Waals surface area contributed by atoms with Gasteiger partial charge in [-0.15, -0.1) is 11.3 Å². The fourth-order valence-electron chi connectivity index (χ4n) is 1.80. The van der Waals surface area contributed by atoms with Crippen LogP contribution in [0.3, 0.4) is 0 Å². The summed E-state index contributed by atoms with van der Waals surface area (Å²) in [6.45, 7) is 0. The Balaban J connectivity index is 2.25. The molecule has 0 bridgehead atoms. The molecular formula is C18H15ClN2OS. The van der Waals surface area contributed by atoms with E-state index in [0.29, 0.717) is 15.5 Å². The number of ketones is 1. The Labute approximate surface area is 144 Å². The molecule has 1 aromatic carbocycles. The van der Waals surface area contributed by atoms with Crippen LogP contribution in [-0.4, -0.2) is 24.8 Å². The lowest BCUT2D eigenvalue weighted by Crippen LogP contribution is -2.02. The van der Waals surface area contributed by atoms with Gasteiger partial charge in [0.1, 0.15) is 6.07 Å². The average molecular weight is 343 g/mol. The maximum absolute atomic E-state index is 12.0. The summed E-state index contributed by atoms with van der Waals surface area (Å²) in [6, 6.07) is 13.0. The van der Waals surface area contributed by atoms with Crippen molar-refractivity contribution in [2.24, 2.45) is 0 Å². The van der Waals surface area contributed by atoms with Crippen molar-refractivity contribution in [1.29, 1.82) is 5.26 Å². The number of halogens is 1. The monoisotopic (exact) mass is 342 g/mol. The summed E-state index contributed by atoms with van der Waals surface area (Å²) in [6.07, 6.45) is 5.01. The van der Waals surface area contributed by atoms with Crippen molar-refractivity contribution in [2.45, 2.75) is 0 Å². The minimum atomic E-state index is -0.0706. The van der Waals surface area contributed by atoms with Crippen LogP contribution in [0.4, 0.5) is 0 Å². The van der Waals surface area contributed by atoms with Crippen molar-refractivity contribution in [3.05, 3.63) is 69.0 Å². The summed E-state index contributed by atoms with van der Waals surface area (Å²) >= 11 is 7.17. The average Bonchev–Trinajstić information content (AvgIpc) is 3.02. The first-order chi connectivity index (χ1) is 11.0. The van der Waals surface area contributed by atoms with Crippen molar-refractivity contribution in [2.75, 3.05) is 14.1 Å². The van der Waals surface area contributed by atoms with Crippen LogP contribution in [0.1, 0.15) is 20.1 Å². The van der Waals surface area contributed by atoms with Crippen LogP contribution in [-0.2, 0) is 0 Å². The predicted molar refractivity (Wildman–Crippen MR) is 96.4 cm³/mol. The second-order valence-electron chi connectivity index (χ2n) is 5.03. The number of carbonyl (C=O) groups is 1. The van der Waals surface area contributed by atoms with Crippen molar-refractivity contribution < 1.29 is 4.79 Å². The van der Waals surface area contributed by atoms with Crippen LogP contribution < -0.4 is 0 Å². The number of hydrogen-bond acceptors (Lipinski definition) is 4. The molecule has 0 aliphatic carbocycles. The third kappa shape index (κ3) is 4.82. The van der Waals surface area contributed by atoms with E-state index in [2.05, 4.69) is 6.07 Å². The molecule has 0 saturated heterocycles. The second-order valence-corrected chi connectivity index (χ2v) is 6.55. The lowest BCUT2D eigenvalue weighted by Gasteiger charge is -2.01. The van der Waals surface area contributed by atoms with E-state index in [1.54, 1.807) is 41.4 Å². The van der Waals surface area contributed by atoms with Gasteiger partial charge in [0, 0.05) is 36.3 Å². The number of nitriles is 1.